The Hall–Kier alpha value is -1.70. The van der Waals surface area contributed by atoms with Crippen molar-refractivity contribution in [1.82, 2.24) is 0 Å². The summed E-state index contributed by atoms with van der Waals surface area (Å²) in [5.74, 6) is 0.942. The molecule has 0 saturated carbocycles. The Morgan fingerprint density at radius 3 is 2.86 bits per heavy atom. The number of carbonyl (C=O) groups excluding carboxylic acids is 2. The molecule has 68 valence electrons. The van der Waals surface area contributed by atoms with E-state index in [2.05, 4.69) is 4.99 Å². The maximum Gasteiger partial charge on any atom is 0.288 e. The van der Waals surface area contributed by atoms with E-state index in [-0.39, 0.29) is 5.57 Å². The van der Waals surface area contributed by atoms with Gasteiger partial charge in [-0.05, 0) is 12.1 Å². The van der Waals surface area contributed by atoms with E-state index in [1.54, 1.807) is 18.2 Å². The van der Waals surface area contributed by atoms with Crippen molar-refractivity contribution in [3.63, 3.8) is 0 Å². The van der Waals surface area contributed by atoms with Crippen LogP contribution in [0.2, 0.25) is 5.02 Å². The van der Waals surface area contributed by atoms with Gasteiger partial charge in [0, 0.05) is 5.22 Å². The van der Waals surface area contributed by atoms with Crippen LogP contribution >= 0.6 is 11.6 Å². The highest BCUT2D eigenvalue weighted by atomic mass is 35.5. The normalized spacial score (nSPS) is 13.8. The highest BCUT2D eigenvalue weighted by Gasteiger charge is 2.11. The average molecular weight is 206 g/mol. The molecule has 0 bridgehead atoms. The van der Waals surface area contributed by atoms with Gasteiger partial charge in [0.2, 0.25) is 0 Å². The van der Waals surface area contributed by atoms with Crippen LogP contribution in [0.5, 0.6) is 0 Å². The Kier molecular flexibility index (Phi) is 2.04. The molecule has 0 spiro atoms. The minimum Gasteiger partial charge on any atom is -0.266 e. The summed E-state index contributed by atoms with van der Waals surface area (Å²) in [6.07, 6.45) is 1.43. The van der Waals surface area contributed by atoms with Crippen LogP contribution in [-0.2, 0) is 9.59 Å². The Morgan fingerprint density at radius 1 is 1.36 bits per heavy atom. The van der Waals surface area contributed by atoms with E-state index in [1.165, 1.54) is 12.0 Å². The van der Waals surface area contributed by atoms with E-state index in [0.717, 1.165) is 0 Å². The lowest BCUT2D eigenvalue weighted by Crippen LogP contribution is -2.31. The molecule has 1 aliphatic rings. The monoisotopic (exact) mass is 205 g/mol. The number of benzene rings is 1. The highest BCUT2D eigenvalue weighted by Crippen LogP contribution is 2.02. The summed E-state index contributed by atoms with van der Waals surface area (Å²) in [6.45, 7) is 0. The topological polar surface area (TPSA) is 46.5 Å². The van der Waals surface area contributed by atoms with Crippen LogP contribution in [0.15, 0.2) is 28.8 Å². The molecule has 0 unspecified atom stereocenters. The van der Waals surface area contributed by atoms with E-state index in [9.17, 15) is 9.59 Å². The Labute approximate surface area is 84.0 Å². The van der Waals surface area contributed by atoms with Crippen LogP contribution < -0.4 is 10.6 Å². The third kappa shape index (κ3) is 1.29. The Balaban J connectivity index is 2.93. The van der Waals surface area contributed by atoms with Crippen molar-refractivity contribution >= 4 is 29.5 Å². The highest BCUT2D eigenvalue weighted by molar-refractivity contribution is 6.30. The summed E-state index contributed by atoms with van der Waals surface area (Å²) in [7, 11) is 0. The number of nitrogens with zero attached hydrogens (tertiary/aromatic N) is 1. The average Bonchev–Trinajstić information content (AvgIpc) is 2.19. The molecule has 1 aromatic carbocycles. The molecule has 0 radical (unpaired) electrons. The zero-order chi connectivity index (χ0) is 10.1. The van der Waals surface area contributed by atoms with Crippen LogP contribution in [0.4, 0.5) is 0 Å². The minimum atomic E-state index is -0.597. The molecule has 1 heterocycles. The first-order valence-corrected chi connectivity index (χ1v) is 4.24. The van der Waals surface area contributed by atoms with Crippen LogP contribution in [0.3, 0.4) is 0 Å². The third-order valence-electron chi connectivity index (χ3n) is 1.87. The third-order valence-corrected chi connectivity index (χ3v) is 2.18. The van der Waals surface area contributed by atoms with Gasteiger partial charge < -0.3 is 0 Å². The van der Waals surface area contributed by atoms with Crippen molar-refractivity contribution in [1.29, 1.82) is 0 Å². The number of para-hydroxylation sites is 1. The van der Waals surface area contributed by atoms with Gasteiger partial charge in [-0.15, -0.1) is 0 Å². The van der Waals surface area contributed by atoms with Gasteiger partial charge in [0.05, 0.1) is 10.4 Å². The second-order valence-corrected chi connectivity index (χ2v) is 3.16. The van der Waals surface area contributed by atoms with Crippen molar-refractivity contribution in [2.24, 2.45) is 4.99 Å². The molecule has 2 rings (SSSR count). The largest absolute Gasteiger partial charge is 0.288 e. The molecule has 0 saturated heterocycles. The van der Waals surface area contributed by atoms with Crippen LogP contribution in [0, 0.1) is 0 Å². The van der Waals surface area contributed by atoms with Crippen molar-refractivity contribution in [2.75, 3.05) is 0 Å². The van der Waals surface area contributed by atoms with Crippen LogP contribution in [0.1, 0.15) is 0 Å². The number of carbonyl (C=O) groups is 1. The zero-order valence-electron chi connectivity index (χ0n) is 6.95. The quantitative estimate of drug-likeness (QED) is 0.444. The fraction of sp³-hybridized carbons (Fsp3) is 0. The molecular weight excluding hydrogens is 202 g/mol. The van der Waals surface area contributed by atoms with Gasteiger partial charge in [0.1, 0.15) is 11.5 Å². The summed E-state index contributed by atoms with van der Waals surface area (Å²) >= 11 is 5.82. The number of hydrogen-bond donors (Lipinski definition) is 0. The lowest BCUT2D eigenvalue weighted by atomic mass is 10.1. The van der Waals surface area contributed by atoms with Gasteiger partial charge in [0.15, 0.2) is 0 Å². The first kappa shape index (κ1) is 8.88. The molecule has 1 aromatic rings. The number of fused-ring (bicyclic) bond motifs is 1. The number of rotatable bonds is 0. The standard InChI is InChI=1S/C10H4ClNO2/c11-8-3-1-2-6-4-7(5-13)10(14)12-9(6)8/h1-4H. The van der Waals surface area contributed by atoms with Gasteiger partial charge in [-0.3, -0.25) is 4.79 Å². The van der Waals surface area contributed by atoms with E-state index in [1.807, 2.05) is 0 Å². The van der Waals surface area contributed by atoms with Crippen molar-refractivity contribution in [3.05, 3.63) is 39.4 Å². The molecule has 0 atom stereocenters. The Bertz CT molecular complexity index is 583. The maximum absolute atomic E-state index is 11.2. The first-order valence-electron chi connectivity index (χ1n) is 3.87. The van der Waals surface area contributed by atoms with Gasteiger partial charge >= 0.3 is 0 Å². The van der Waals surface area contributed by atoms with E-state index < -0.39 is 5.91 Å². The van der Waals surface area contributed by atoms with Crippen molar-refractivity contribution in [3.8, 4) is 0 Å². The molecular formula is C10H4ClNO2. The second-order valence-electron chi connectivity index (χ2n) is 2.75. The summed E-state index contributed by atoms with van der Waals surface area (Å²) < 4.78 is 0. The zero-order valence-corrected chi connectivity index (χ0v) is 7.71. The molecule has 14 heavy (non-hydrogen) atoms. The van der Waals surface area contributed by atoms with Gasteiger partial charge in [-0.1, -0.05) is 23.7 Å². The fourth-order valence-corrected chi connectivity index (χ4v) is 1.44. The maximum atomic E-state index is 11.2. The van der Waals surface area contributed by atoms with Crippen LogP contribution in [-0.4, -0.2) is 11.8 Å². The smallest absolute Gasteiger partial charge is 0.266 e. The lowest BCUT2D eigenvalue weighted by Gasteiger charge is -1.99. The van der Waals surface area contributed by atoms with Crippen LogP contribution in [0.25, 0.3) is 6.08 Å². The predicted octanol–water partition coefficient (Wildman–Crippen LogP) is 0.0383. The van der Waals surface area contributed by atoms with E-state index in [4.69, 9.17) is 11.6 Å². The number of amides is 1. The number of hydrogen-bond acceptors (Lipinski definition) is 2. The summed E-state index contributed by atoms with van der Waals surface area (Å²) in [5, 5.41) is 1.48. The molecule has 1 amide bonds. The van der Waals surface area contributed by atoms with Gasteiger partial charge in [-0.25, -0.2) is 9.79 Å². The van der Waals surface area contributed by atoms with E-state index >= 15 is 0 Å². The SMILES string of the molecule is O=C=C1C=c2cccc(Cl)c2=NC1=O. The molecule has 0 aliphatic carbocycles. The summed E-state index contributed by atoms with van der Waals surface area (Å²) in [6, 6.07) is 5.10. The van der Waals surface area contributed by atoms with Crippen molar-refractivity contribution < 1.29 is 9.59 Å². The molecule has 1 aliphatic heterocycles. The lowest BCUT2D eigenvalue weighted by molar-refractivity contribution is -0.114. The Morgan fingerprint density at radius 2 is 2.14 bits per heavy atom. The predicted molar refractivity (Wildman–Crippen MR) is 50.9 cm³/mol. The molecule has 4 heteroatoms. The van der Waals surface area contributed by atoms with Gasteiger partial charge in [0.25, 0.3) is 5.91 Å². The fourth-order valence-electron chi connectivity index (χ4n) is 1.22. The molecule has 0 aromatic heterocycles. The minimum absolute atomic E-state index is 0.0697. The van der Waals surface area contributed by atoms with E-state index in [0.29, 0.717) is 15.6 Å². The molecule has 0 fully saturated rings. The van der Waals surface area contributed by atoms with Gasteiger partial charge in [-0.2, -0.15) is 0 Å². The molecule has 3 nitrogen and oxygen atoms in total. The molecule has 0 N–H and O–H groups in total. The summed E-state index contributed by atoms with van der Waals surface area (Å²) in [4.78, 5) is 25.2. The van der Waals surface area contributed by atoms with Crippen molar-refractivity contribution in [2.45, 2.75) is 0 Å². The second kappa shape index (κ2) is 3.22. The number of halogens is 1. The summed E-state index contributed by atoms with van der Waals surface area (Å²) in [5.41, 5.74) is -0.0697. The first-order chi connectivity index (χ1) is 6.72.